The van der Waals surface area contributed by atoms with E-state index in [1.807, 2.05) is 11.8 Å². The van der Waals surface area contributed by atoms with Gasteiger partial charge in [-0.05, 0) is 40.0 Å². The van der Waals surface area contributed by atoms with E-state index in [0.717, 1.165) is 25.8 Å². The first-order chi connectivity index (χ1) is 9.41. The third kappa shape index (κ3) is 2.66. The molecular weight excluding hydrogens is 260 g/mol. The Morgan fingerprint density at radius 2 is 2.15 bits per heavy atom. The lowest BCUT2D eigenvalue weighted by Crippen LogP contribution is -2.43. The molecule has 20 heavy (non-hydrogen) atoms. The van der Waals surface area contributed by atoms with E-state index in [4.69, 9.17) is 0 Å². The van der Waals surface area contributed by atoms with Crippen molar-refractivity contribution in [1.82, 2.24) is 14.7 Å². The van der Waals surface area contributed by atoms with E-state index in [9.17, 15) is 14.9 Å². The fraction of sp³-hybridized carbons (Fsp3) is 0.692. The van der Waals surface area contributed by atoms with E-state index in [1.165, 1.54) is 4.68 Å². The molecule has 0 unspecified atom stereocenters. The zero-order valence-corrected chi connectivity index (χ0v) is 12.1. The summed E-state index contributed by atoms with van der Waals surface area (Å²) in [6, 6.07) is 0.239. The molecule has 2 rings (SSSR count). The highest BCUT2D eigenvalue weighted by Gasteiger charge is 2.27. The van der Waals surface area contributed by atoms with E-state index in [1.54, 1.807) is 13.8 Å². The Balaban J connectivity index is 2.16. The molecule has 1 aliphatic heterocycles. The second-order valence-corrected chi connectivity index (χ2v) is 5.37. The van der Waals surface area contributed by atoms with Crippen LogP contribution in [-0.4, -0.2) is 38.1 Å². The molecule has 0 N–H and O–H groups in total. The molecule has 110 valence electrons. The van der Waals surface area contributed by atoms with E-state index in [-0.39, 0.29) is 24.2 Å². The maximum Gasteiger partial charge on any atom is 0.312 e. The molecule has 0 aliphatic carbocycles. The molecule has 1 aromatic rings. The van der Waals surface area contributed by atoms with Gasteiger partial charge in [-0.25, -0.2) is 0 Å². The van der Waals surface area contributed by atoms with E-state index >= 15 is 0 Å². The van der Waals surface area contributed by atoms with Crippen molar-refractivity contribution < 1.29 is 9.72 Å². The predicted octanol–water partition coefficient (Wildman–Crippen LogP) is 1.81. The zero-order chi connectivity index (χ0) is 14.9. The Kier molecular flexibility index (Phi) is 4.06. The number of hydrogen-bond acceptors (Lipinski definition) is 4. The number of likely N-dealkylation sites (tertiary alicyclic amines) is 1. The summed E-state index contributed by atoms with van der Waals surface area (Å²) in [6.07, 6.45) is 3.19. The van der Waals surface area contributed by atoms with Gasteiger partial charge < -0.3 is 4.90 Å². The second kappa shape index (κ2) is 5.60. The van der Waals surface area contributed by atoms with Gasteiger partial charge in [0.15, 0.2) is 0 Å². The van der Waals surface area contributed by atoms with Gasteiger partial charge in [-0.2, -0.15) is 5.10 Å². The summed E-state index contributed by atoms with van der Waals surface area (Å²) in [5.74, 6) is -0.0160. The van der Waals surface area contributed by atoms with Crippen LogP contribution in [0.2, 0.25) is 0 Å². The smallest absolute Gasteiger partial charge is 0.312 e. The number of piperidine rings is 1. The van der Waals surface area contributed by atoms with Gasteiger partial charge >= 0.3 is 5.69 Å². The van der Waals surface area contributed by atoms with Crippen molar-refractivity contribution in [2.75, 3.05) is 6.54 Å². The molecule has 1 atom stereocenters. The summed E-state index contributed by atoms with van der Waals surface area (Å²) in [5, 5.41) is 15.1. The van der Waals surface area contributed by atoms with Crippen LogP contribution in [0.5, 0.6) is 0 Å². The first-order valence-electron chi connectivity index (χ1n) is 6.89. The second-order valence-electron chi connectivity index (χ2n) is 5.37. The van der Waals surface area contributed by atoms with Gasteiger partial charge in [-0.1, -0.05) is 0 Å². The molecule has 0 spiro atoms. The molecule has 7 heteroatoms. The number of carbonyl (C=O) groups excluding carboxylic acids is 1. The van der Waals surface area contributed by atoms with Crippen molar-refractivity contribution in [1.29, 1.82) is 0 Å². The summed E-state index contributed by atoms with van der Waals surface area (Å²) in [4.78, 5) is 24.7. The molecule has 0 saturated carbocycles. The Morgan fingerprint density at radius 3 is 2.70 bits per heavy atom. The molecule has 1 aromatic heterocycles. The molecule has 7 nitrogen and oxygen atoms in total. The molecule has 0 aromatic carbocycles. The molecule has 2 heterocycles. The minimum atomic E-state index is -0.442. The highest BCUT2D eigenvalue weighted by Crippen LogP contribution is 2.22. The maximum absolute atomic E-state index is 12.3. The zero-order valence-electron chi connectivity index (χ0n) is 12.1. The van der Waals surface area contributed by atoms with Gasteiger partial charge in [0, 0.05) is 12.6 Å². The van der Waals surface area contributed by atoms with Crippen molar-refractivity contribution in [3.05, 3.63) is 21.5 Å². The predicted molar refractivity (Wildman–Crippen MR) is 73.4 cm³/mol. The van der Waals surface area contributed by atoms with Crippen molar-refractivity contribution in [2.24, 2.45) is 0 Å². The SMILES string of the molecule is Cc1nn(CC(=O)N2CCCC[C@H]2C)c(C)c1[N+](=O)[O-]. The summed E-state index contributed by atoms with van der Waals surface area (Å²) in [7, 11) is 0. The van der Waals surface area contributed by atoms with Crippen molar-refractivity contribution >= 4 is 11.6 Å². The Bertz CT molecular complexity index is 538. The largest absolute Gasteiger partial charge is 0.338 e. The Morgan fingerprint density at radius 1 is 1.45 bits per heavy atom. The minimum Gasteiger partial charge on any atom is -0.338 e. The number of nitrogens with zero attached hydrogens (tertiary/aromatic N) is 4. The normalized spacial score (nSPS) is 19.1. The standard InChI is InChI=1S/C13H20N4O3/c1-9-6-4-5-7-15(9)12(18)8-16-11(3)13(17(19)20)10(2)14-16/h9H,4-8H2,1-3H3/t9-/m1/s1. The number of aryl methyl sites for hydroxylation is 1. The van der Waals surface area contributed by atoms with Gasteiger partial charge in [-0.15, -0.1) is 0 Å². The first-order valence-corrected chi connectivity index (χ1v) is 6.89. The first kappa shape index (κ1) is 14.5. The number of amides is 1. The van der Waals surface area contributed by atoms with Crippen LogP contribution >= 0.6 is 0 Å². The average molecular weight is 280 g/mol. The van der Waals surface area contributed by atoms with Crippen LogP contribution in [-0.2, 0) is 11.3 Å². The third-order valence-electron chi connectivity index (χ3n) is 3.93. The Hall–Kier alpha value is -1.92. The molecule has 1 aliphatic rings. The number of hydrogen-bond donors (Lipinski definition) is 0. The highest BCUT2D eigenvalue weighted by molar-refractivity contribution is 5.76. The minimum absolute atomic E-state index is 0.00416. The third-order valence-corrected chi connectivity index (χ3v) is 3.93. The fourth-order valence-electron chi connectivity index (χ4n) is 2.79. The van der Waals surface area contributed by atoms with Gasteiger partial charge in [0.25, 0.3) is 0 Å². The van der Waals surface area contributed by atoms with Crippen LogP contribution in [0.3, 0.4) is 0 Å². The number of nitro groups is 1. The maximum atomic E-state index is 12.3. The van der Waals surface area contributed by atoms with Gasteiger partial charge in [0.1, 0.15) is 17.9 Å². The molecule has 1 saturated heterocycles. The monoisotopic (exact) mass is 280 g/mol. The van der Waals surface area contributed by atoms with Crippen molar-refractivity contribution in [3.8, 4) is 0 Å². The van der Waals surface area contributed by atoms with Gasteiger partial charge in [-0.3, -0.25) is 19.6 Å². The Labute approximate surface area is 117 Å². The van der Waals surface area contributed by atoms with Crippen LogP contribution in [0, 0.1) is 24.0 Å². The number of aromatic nitrogens is 2. The average Bonchev–Trinajstić information content (AvgIpc) is 2.64. The van der Waals surface area contributed by atoms with Crippen LogP contribution in [0.1, 0.15) is 37.6 Å². The molecule has 1 fully saturated rings. The summed E-state index contributed by atoms with van der Waals surface area (Å²) < 4.78 is 1.44. The number of rotatable bonds is 3. The summed E-state index contributed by atoms with van der Waals surface area (Å²) >= 11 is 0. The van der Waals surface area contributed by atoms with Crippen LogP contribution in [0.25, 0.3) is 0 Å². The van der Waals surface area contributed by atoms with E-state index in [0.29, 0.717) is 11.4 Å². The van der Waals surface area contributed by atoms with Crippen LogP contribution < -0.4 is 0 Å². The molecule has 0 bridgehead atoms. The van der Waals surface area contributed by atoms with Crippen molar-refractivity contribution in [3.63, 3.8) is 0 Å². The molecule has 0 radical (unpaired) electrons. The quantitative estimate of drug-likeness (QED) is 0.624. The van der Waals surface area contributed by atoms with E-state index in [2.05, 4.69) is 5.10 Å². The topological polar surface area (TPSA) is 81.3 Å². The lowest BCUT2D eigenvalue weighted by atomic mass is 10.0. The fourth-order valence-corrected chi connectivity index (χ4v) is 2.79. The summed E-state index contributed by atoms with van der Waals surface area (Å²) in [6.45, 7) is 6.10. The van der Waals surface area contributed by atoms with E-state index < -0.39 is 4.92 Å². The van der Waals surface area contributed by atoms with Gasteiger partial charge in [0.2, 0.25) is 5.91 Å². The lowest BCUT2D eigenvalue weighted by Gasteiger charge is -2.33. The molecule has 1 amide bonds. The van der Waals surface area contributed by atoms with Crippen molar-refractivity contribution in [2.45, 2.75) is 52.6 Å². The summed E-state index contributed by atoms with van der Waals surface area (Å²) in [5.41, 5.74) is 0.794. The molecular formula is C13H20N4O3. The number of carbonyl (C=O) groups is 1. The van der Waals surface area contributed by atoms with Crippen LogP contribution in [0.4, 0.5) is 5.69 Å². The van der Waals surface area contributed by atoms with Gasteiger partial charge in [0.05, 0.1) is 4.92 Å². The van der Waals surface area contributed by atoms with Crippen LogP contribution in [0.15, 0.2) is 0 Å². The highest BCUT2D eigenvalue weighted by atomic mass is 16.6. The lowest BCUT2D eigenvalue weighted by molar-refractivity contribution is -0.386.